The van der Waals surface area contributed by atoms with E-state index in [0.717, 1.165) is 54.0 Å². The van der Waals surface area contributed by atoms with Gasteiger partial charge in [-0.1, -0.05) is 15.9 Å². The number of hydrogen-bond donors (Lipinski definition) is 1. The second-order valence-corrected chi connectivity index (χ2v) is 9.79. The monoisotopic (exact) mass is 518 g/mol. The van der Waals surface area contributed by atoms with Gasteiger partial charge in [0.1, 0.15) is 0 Å². The number of halogens is 2. The minimum Gasteiger partial charge on any atom is -0.493 e. The van der Waals surface area contributed by atoms with Crippen molar-refractivity contribution in [1.82, 2.24) is 9.62 Å². The molecule has 0 saturated carbocycles. The largest absolute Gasteiger partial charge is 0.493 e. The van der Waals surface area contributed by atoms with Crippen LogP contribution in [0.2, 0.25) is 0 Å². The number of methoxy groups -OCH3 is 2. The van der Waals surface area contributed by atoms with Crippen molar-refractivity contribution < 1.29 is 17.9 Å². The molecule has 0 spiro atoms. The van der Waals surface area contributed by atoms with E-state index in [1.165, 1.54) is 11.1 Å². The molecule has 3 rings (SSSR count). The Bertz CT molecular complexity index is 985. The average molecular weight is 520 g/mol. The zero-order chi connectivity index (χ0) is 21.0. The second-order valence-electron chi connectivity index (χ2n) is 7.16. The number of ether oxygens (including phenoxy) is 2. The molecule has 0 saturated heterocycles. The van der Waals surface area contributed by atoms with E-state index < -0.39 is 10.0 Å². The number of hydrogen-bond acceptors (Lipinski definition) is 5. The molecule has 30 heavy (non-hydrogen) atoms. The first-order valence-corrected chi connectivity index (χ1v) is 11.8. The van der Waals surface area contributed by atoms with Gasteiger partial charge in [-0.05, 0) is 73.3 Å². The van der Waals surface area contributed by atoms with Gasteiger partial charge in [-0.15, -0.1) is 12.4 Å². The Morgan fingerprint density at radius 3 is 2.40 bits per heavy atom. The second kappa shape index (κ2) is 10.8. The molecule has 1 N–H and O–H groups in total. The standard InChI is InChI=1S/C21H27BrN2O4S.ClH/c1-15-11-18(5-6-19(15)22)29(25,26)23-8-4-9-24-10-7-16-12-20(27-2)21(28-3)13-17(16)14-24;/h5-6,11-13,23H,4,7-10,14H2,1-3H3;1H. The predicted molar refractivity (Wildman–Crippen MR) is 124 cm³/mol. The Kier molecular flexibility index (Phi) is 8.99. The fourth-order valence-electron chi connectivity index (χ4n) is 3.51. The fraction of sp³-hybridized carbons (Fsp3) is 0.429. The van der Waals surface area contributed by atoms with Crippen LogP contribution in [0.1, 0.15) is 23.1 Å². The smallest absolute Gasteiger partial charge is 0.240 e. The summed E-state index contributed by atoms with van der Waals surface area (Å²) in [4.78, 5) is 2.64. The average Bonchev–Trinajstić information content (AvgIpc) is 2.71. The molecule has 1 aliphatic rings. The lowest BCUT2D eigenvalue weighted by atomic mass is 9.98. The van der Waals surface area contributed by atoms with Gasteiger partial charge in [0.25, 0.3) is 0 Å². The molecule has 1 heterocycles. The molecular formula is C21H28BrClN2O4S. The summed E-state index contributed by atoms with van der Waals surface area (Å²) < 4.78 is 39.4. The highest BCUT2D eigenvalue weighted by atomic mass is 79.9. The zero-order valence-electron chi connectivity index (χ0n) is 17.4. The van der Waals surface area contributed by atoms with Gasteiger partial charge in [-0.25, -0.2) is 13.1 Å². The van der Waals surface area contributed by atoms with Gasteiger partial charge < -0.3 is 9.47 Å². The van der Waals surface area contributed by atoms with Gasteiger partial charge in [-0.2, -0.15) is 0 Å². The van der Waals surface area contributed by atoms with Crippen LogP contribution in [0.5, 0.6) is 11.5 Å². The van der Waals surface area contributed by atoms with Crippen LogP contribution in [0.15, 0.2) is 39.7 Å². The van der Waals surface area contributed by atoms with Crippen LogP contribution in [0, 0.1) is 6.92 Å². The van der Waals surface area contributed by atoms with E-state index in [0.29, 0.717) is 11.4 Å². The maximum atomic E-state index is 12.5. The molecule has 1 aliphatic heterocycles. The molecule has 0 aliphatic carbocycles. The van der Waals surface area contributed by atoms with Crippen LogP contribution < -0.4 is 14.2 Å². The summed E-state index contributed by atoms with van der Waals surface area (Å²) in [5.41, 5.74) is 3.41. The van der Waals surface area contributed by atoms with E-state index in [1.807, 2.05) is 13.0 Å². The Hall–Kier alpha value is -1.32. The molecule has 0 radical (unpaired) electrons. The molecule has 0 unspecified atom stereocenters. The molecule has 6 nitrogen and oxygen atoms in total. The Morgan fingerprint density at radius 1 is 1.10 bits per heavy atom. The molecule has 2 aromatic rings. The number of benzene rings is 2. The number of aryl methyl sites for hydroxylation is 1. The normalized spacial score (nSPS) is 14.0. The van der Waals surface area contributed by atoms with Crippen molar-refractivity contribution in [3.63, 3.8) is 0 Å². The van der Waals surface area contributed by atoms with E-state index >= 15 is 0 Å². The number of sulfonamides is 1. The van der Waals surface area contributed by atoms with Gasteiger partial charge in [0.2, 0.25) is 10.0 Å². The predicted octanol–water partition coefficient (Wildman–Crippen LogP) is 3.92. The van der Waals surface area contributed by atoms with Crippen LogP contribution in [0.3, 0.4) is 0 Å². The van der Waals surface area contributed by atoms with E-state index in [9.17, 15) is 8.42 Å². The number of rotatable bonds is 8. The number of fused-ring (bicyclic) bond motifs is 1. The van der Waals surface area contributed by atoms with Gasteiger partial charge in [0, 0.05) is 24.1 Å². The van der Waals surface area contributed by atoms with Crippen molar-refractivity contribution in [3.8, 4) is 11.5 Å². The van der Waals surface area contributed by atoms with Crippen molar-refractivity contribution in [2.75, 3.05) is 33.9 Å². The molecule has 9 heteroatoms. The van der Waals surface area contributed by atoms with Gasteiger partial charge in [0.05, 0.1) is 19.1 Å². The van der Waals surface area contributed by atoms with E-state index in [-0.39, 0.29) is 12.4 Å². The third-order valence-corrected chi connectivity index (χ3v) is 7.53. The van der Waals surface area contributed by atoms with Crippen LogP contribution >= 0.6 is 28.3 Å². The van der Waals surface area contributed by atoms with Crippen LogP contribution in [0.25, 0.3) is 0 Å². The summed E-state index contributed by atoms with van der Waals surface area (Å²) in [6, 6.07) is 9.15. The summed E-state index contributed by atoms with van der Waals surface area (Å²) in [6.07, 6.45) is 1.69. The Balaban J connectivity index is 0.00000320. The summed E-state index contributed by atoms with van der Waals surface area (Å²) in [5.74, 6) is 1.50. The molecule has 0 bridgehead atoms. The molecular weight excluding hydrogens is 492 g/mol. The lowest BCUT2D eigenvalue weighted by Crippen LogP contribution is -2.33. The highest BCUT2D eigenvalue weighted by molar-refractivity contribution is 9.10. The topological polar surface area (TPSA) is 67.9 Å². The van der Waals surface area contributed by atoms with E-state index in [1.54, 1.807) is 32.4 Å². The number of nitrogens with one attached hydrogen (secondary N) is 1. The SMILES string of the molecule is COc1cc2c(cc1OC)CN(CCCNS(=O)(=O)c1ccc(Br)c(C)c1)CC2.Cl. The Morgan fingerprint density at radius 2 is 1.77 bits per heavy atom. The van der Waals surface area contributed by atoms with Crippen molar-refractivity contribution in [2.45, 2.75) is 31.2 Å². The third-order valence-electron chi connectivity index (χ3n) is 5.18. The highest BCUT2D eigenvalue weighted by Gasteiger charge is 2.20. The highest BCUT2D eigenvalue weighted by Crippen LogP contribution is 2.33. The Labute approximate surface area is 193 Å². The van der Waals surface area contributed by atoms with Crippen LogP contribution in [0.4, 0.5) is 0 Å². The van der Waals surface area contributed by atoms with Gasteiger partial charge in [0.15, 0.2) is 11.5 Å². The van der Waals surface area contributed by atoms with E-state index in [4.69, 9.17) is 9.47 Å². The zero-order valence-corrected chi connectivity index (χ0v) is 20.6. The van der Waals surface area contributed by atoms with Crippen molar-refractivity contribution in [2.24, 2.45) is 0 Å². The van der Waals surface area contributed by atoms with Crippen molar-refractivity contribution >= 4 is 38.4 Å². The van der Waals surface area contributed by atoms with E-state index in [2.05, 4.69) is 31.6 Å². The lowest BCUT2D eigenvalue weighted by molar-refractivity contribution is 0.250. The van der Waals surface area contributed by atoms with Crippen LogP contribution in [-0.4, -0.2) is 47.2 Å². The summed E-state index contributed by atoms with van der Waals surface area (Å²) in [5, 5.41) is 0. The minimum atomic E-state index is -3.49. The quantitative estimate of drug-likeness (QED) is 0.536. The minimum absolute atomic E-state index is 0. The molecule has 2 aromatic carbocycles. The van der Waals surface area contributed by atoms with Gasteiger partial charge >= 0.3 is 0 Å². The van der Waals surface area contributed by atoms with Crippen LogP contribution in [-0.2, 0) is 23.0 Å². The fourth-order valence-corrected chi connectivity index (χ4v) is 4.91. The van der Waals surface area contributed by atoms with Gasteiger partial charge in [-0.3, -0.25) is 4.90 Å². The maximum Gasteiger partial charge on any atom is 0.240 e. The third kappa shape index (κ3) is 5.88. The summed E-state index contributed by atoms with van der Waals surface area (Å²) in [7, 11) is -0.196. The van der Waals surface area contributed by atoms with Crippen molar-refractivity contribution in [1.29, 1.82) is 0 Å². The maximum absolute atomic E-state index is 12.5. The van der Waals surface area contributed by atoms with Crippen molar-refractivity contribution in [3.05, 3.63) is 51.5 Å². The molecule has 0 fully saturated rings. The number of nitrogens with zero attached hydrogens (tertiary/aromatic N) is 1. The first-order chi connectivity index (χ1) is 13.8. The first-order valence-electron chi connectivity index (χ1n) is 9.56. The summed E-state index contributed by atoms with van der Waals surface area (Å²) >= 11 is 3.40. The first kappa shape index (κ1) is 24.9. The molecule has 0 atom stereocenters. The molecule has 166 valence electrons. The summed E-state index contributed by atoms with van der Waals surface area (Å²) in [6.45, 7) is 4.89. The molecule has 0 aromatic heterocycles. The lowest BCUT2D eigenvalue weighted by Gasteiger charge is -2.29. The molecule has 0 amide bonds.